The summed E-state index contributed by atoms with van der Waals surface area (Å²) in [7, 11) is 1.89. The zero-order chi connectivity index (χ0) is 13.8. The second-order valence-electron chi connectivity index (χ2n) is 4.93. The number of likely N-dealkylation sites (N-methyl/N-ethyl adjacent to an activating group) is 1. The van der Waals surface area contributed by atoms with Crippen molar-refractivity contribution < 1.29 is 4.39 Å². The van der Waals surface area contributed by atoms with Gasteiger partial charge in [0, 0.05) is 24.4 Å². The minimum Gasteiger partial charge on any atom is -0.313 e. The Morgan fingerprint density at radius 3 is 2.53 bits per heavy atom. The summed E-state index contributed by atoms with van der Waals surface area (Å²) in [5.74, 6) is -0.188. The molecular formula is C16H19FN2. The number of aryl methyl sites for hydroxylation is 2. The summed E-state index contributed by atoms with van der Waals surface area (Å²) >= 11 is 0. The molecule has 1 aromatic heterocycles. The summed E-state index contributed by atoms with van der Waals surface area (Å²) in [6.45, 7) is 3.92. The molecule has 1 N–H and O–H groups in total. The van der Waals surface area contributed by atoms with Gasteiger partial charge in [0.1, 0.15) is 5.82 Å². The van der Waals surface area contributed by atoms with Crippen molar-refractivity contribution in [3.63, 3.8) is 0 Å². The van der Waals surface area contributed by atoms with E-state index in [0.29, 0.717) is 0 Å². The van der Waals surface area contributed by atoms with Crippen molar-refractivity contribution in [1.82, 2.24) is 10.3 Å². The van der Waals surface area contributed by atoms with Crippen molar-refractivity contribution in [3.05, 3.63) is 64.7 Å². The van der Waals surface area contributed by atoms with Crippen molar-refractivity contribution in [2.75, 3.05) is 7.05 Å². The Morgan fingerprint density at radius 2 is 1.95 bits per heavy atom. The first-order valence-electron chi connectivity index (χ1n) is 6.44. The van der Waals surface area contributed by atoms with E-state index in [1.165, 1.54) is 0 Å². The first-order chi connectivity index (χ1) is 9.08. The largest absolute Gasteiger partial charge is 0.313 e. The summed E-state index contributed by atoms with van der Waals surface area (Å²) < 4.78 is 13.5. The molecule has 1 aromatic carbocycles. The lowest BCUT2D eigenvalue weighted by Gasteiger charge is -2.17. The number of hydrogen-bond donors (Lipinski definition) is 1. The maximum atomic E-state index is 13.5. The second-order valence-corrected chi connectivity index (χ2v) is 4.93. The molecule has 2 rings (SSSR count). The van der Waals surface area contributed by atoms with Gasteiger partial charge in [-0.05, 0) is 55.8 Å². The number of hydrogen-bond acceptors (Lipinski definition) is 2. The van der Waals surface area contributed by atoms with Gasteiger partial charge in [0.25, 0.3) is 0 Å². The molecule has 0 radical (unpaired) electrons. The first-order valence-corrected chi connectivity index (χ1v) is 6.44. The quantitative estimate of drug-likeness (QED) is 0.909. The third kappa shape index (κ3) is 3.61. The summed E-state index contributed by atoms with van der Waals surface area (Å²) in [6, 6.07) is 9.28. The summed E-state index contributed by atoms with van der Waals surface area (Å²) in [6.07, 6.45) is 2.61. The van der Waals surface area contributed by atoms with Gasteiger partial charge in [-0.15, -0.1) is 0 Å². The normalized spacial score (nSPS) is 12.4. The lowest BCUT2D eigenvalue weighted by molar-refractivity contribution is 0.570. The van der Waals surface area contributed by atoms with Crippen LogP contribution in [0.15, 0.2) is 36.5 Å². The maximum Gasteiger partial charge on any atom is 0.123 e. The fraction of sp³-hybridized carbons (Fsp3) is 0.312. The van der Waals surface area contributed by atoms with Gasteiger partial charge in [0.05, 0.1) is 0 Å². The molecule has 2 nitrogen and oxygen atoms in total. The van der Waals surface area contributed by atoms with Crippen LogP contribution < -0.4 is 5.32 Å². The van der Waals surface area contributed by atoms with Gasteiger partial charge in [-0.1, -0.05) is 12.1 Å². The van der Waals surface area contributed by atoms with Gasteiger partial charge in [0.15, 0.2) is 0 Å². The summed E-state index contributed by atoms with van der Waals surface area (Å²) in [5.41, 5.74) is 4.05. The molecule has 100 valence electrons. The lowest BCUT2D eigenvalue weighted by atomic mass is 9.99. The average Bonchev–Trinajstić information content (AvgIpc) is 2.37. The molecule has 0 fully saturated rings. The lowest BCUT2D eigenvalue weighted by Crippen LogP contribution is -2.19. The molecule has 0 aliphatic rings. The highest BCUT2D eigenvalue weighted by molar-refractivity contribution is 5.27. The van der Waals surface area contributed by atoms with Crippen LogP contribution in [0.2, 0.25) is 0 Å². The van der Waals surface area contributed by atoms with E-state index in [2.05, 4.69) is 10.3 Å². The number of pyridine rings is 1. The van der Waals surface area contributed by atoms with Crippen molar-refractivity contribution in [2.24, 2.45) is 0 Å². The van der Waals surface area contributed by atoms with Crippen LogP contribution >= 0.6 is 0 Å². The number of benzene rings is 1. The third-order valence-corrected chi connectivity index (χ3v) is 3.20. The van der Waals surface area contributed by atoms with E-state index in [1.807, 2.05) is 45.3 Å². The molecule has 1 atom stereocenters. The van der Waals surface area contributed by atoms with Crippen LogP contribution in [0.5, 0.6) is 0 Å². The Labute approximate surface area is 113 Å². The van der Waals surface area contributed by atoms with Crippen molar-refractivity contribution in [3.8, 4) is 0 Å². The highest BCUT2D eigenvalue weighted by Crippen LogP contribution is 2.20. The van der Waals surface area contributed by atoms with Crippen molar-refractivity contribution >= 4 is 0 Å². The van der Waals surface area contributed by atoms with E-state index in [1.54, 1.807) is 12.1 Å². The van der Waals surface area contributed by atoms with Gasteiger partial charge >= 0.3 is 0 Å². The zero-order valence-electron chi connectivity index (χ0n) is 11.6. The number of halogens is 1. The molecule has 1 unspecified atom stereocenters. The third-order valence-electron chi connectivity index (χ3n) is 3.20. The molecule has 0 aliphatic carbocycles. The molecular weight excluding hydrogens is 239 g/mol. The predicted octanol–water partition coefficient (Wildman–Crippen LogP) is 3.34. The highest BCUT2D eigenvalue weighted by Gasteiger charge is 2.12. The van der Waals surface area contributed by atoms with Crippen LogP contribution in [0.1, 0.15) is 28.4 Å². The predicted molar refractivity (Wildman–Crippen MR) is 75.6 cm³/mol. The minimum absolute atomic E-state index is 0.0737. The van der Waals surface area contributed by atoms with Crippen LogP contribution in [0.25, 0.3) is 0 Å². The van der Waals surface area contributed by atoms with Crippen molar-refractivity contribution in [1.29, 1.82) is 0 Å². The number of nitrogens with one attached hydrogen (secondary N) is 1. The van der Waals surface area contributed by atoms with Crippen LogP contribution in [0.3, 0.4) is 0 Å². The Balaban J connectivity index is 2.22. The van der Waals surface area contributed by atoms with Gasteiger partial charge < -0.3 is 5.32 Å². The van der Waals surface area contributed by atoms with Crippen LogP contribution in [0, 0.1) is 19.7 Å². The summed E-state index contributed by atoms with van der Waals surface area (Å²) in [5, 5.41) is 3.23. The average molecular weight is 258 g/mol. The summed E-state index contributed by atoms with van der Waals surface area (Å²) in [4.78, 5) is 4.40. The Bertz CT molecular complexity index is 529. The van der Waals surface area contributed by atoms with Crippen LogP contribution in [0.4, 0.5) is 4.39 Å². The molecule has 19 heavy (non-hydrogen) atoms. The van der Waals surface area contributed by atoms with Crippen LogP contribution in [-0.4, -0.2) is 12.0 Å². The minimum atomic E-state index is -0.188. The second kappa shape index (κ2) is 5.93. The number of rotatable bonds is 4. The first kappa shape index (κ1) is 13.7. The fourth-order valence-corrected chi connectivity index (χ4v) is 2.18. The van der Waals surface area contributed by atoms with E-state index in [4.69, 9.17) is 0 Å². The van der Waals surface area contributed by atoms with E-state index in [0.717, 1.165) is 28.8 Å². The molecule has 0 amide bonds. The molecule has 3 heteroatoms. The SMILES string of the molecule is CNC(Cc1ccc(C)cn1)c1cc(C)cc(F)c1. The highest BCUT2D eigenvalue weighted by atomic mass is 19.1. The molecule has 0 saturated heterocycles. The zero-order valence-corrected chi connectivity index (χ0v) is 11.6. The Hall–Kier alpha value is -1.74. The molecule has 0 aliphatic heterocycles. The fourth-order valence-electron chi connectivity index (χ4n) is 2.18. The topological polar surface area (TPSA) is 24.9 Å². The number of nitrogens with zero attached hydrogens (tertiary/aromatic N) is 1. The van der Waals surface area contributed by atoms with Crippen LogP contribution in [-0.2, 0) is 6.42 Å². The Kier molecular flexibility index (Phi) is 4.27. The smallest absolute Gasteiger partial charge is 0.123 e. The monoisotopic (exact) mass is 258 g/mol. The van der Waals surface area contributed by atoms with E-state index in [-0.39, 0.29) is 11.9 Å². The van der Waals surface area contributed by atoms with E-state index in [9.17, 15) is 4.39 Å². The van der Waals surface area contributed by atoms with E-state index < -0.39 is 0 Å². The van der Waals surface area contributed by atoms with Crippen molar-refractivity contribution in [2.45, 2.75) is 26.3 Å². The van der Waals surface area contributed by atoms with Gasteiger partial charge in [-0.2, -0.15) is 0 Å². The molecule has 1 heterocycles. The van der Waals surface area contributed by atoms with Gasteiger partial charge in [0.2, 0.25) is 0 Å². The maximum absolute atomic E-state index is 13.5. The molecule has 0 bridgehead atoms. The van der Waals surface area contributed by atoms with Gasteiger partial charge in [-0.3, -0.25) is 4.98 Å². The van der Waals surface area contributed by atoms with E-state index >= 15 is 0 Å². The number of aromatic nitrogens is 1. The Morgan fingerprint density at radius 1 is 1.16 bits per heavy atom. The standard InChI is InChI=1S/C16H19FN2/c1-11-4-5-15(19-10-11)9-16(18-3)13-6-12(2)7-14(17)8-13/h4-8,10,16,18H,9H2,1-3H3. The molecule has 0 spiro atoms. The van der Waals surface area contributed by atoms with Gasteiger partial charge in [-0.25, -0.2) is 4.39 Å². The molecule has 2 aromatic rings. The molecule has 0 saturated carbocycles.